The van der Waals surface area contributed by atoms with Crippen LogP contribution in [0.4, 0.5) is 13.2 Å². The van der Waals surface area contributed by atoms with Gasteiger partial charge in [-0.3, -0.25) is 0 Å². The number of sulfone groups is 1. The van der Waals surface area contributed by atoms with Gasteiger partial charge in [-0.2, -0.15) is 13.2 Å². The Bertz CT molecular complexity index is 629. The molecule has 4 nitrogen and oxygen atoms in total. The molecule has 1 aromatic rings. The first-order chi connectivity index (χ1) is 10.2. The molecule has 22 heavy (non-hydrogen) atoms. The molecule has 122 valence electrons. The highest BCUT2D eigenvalue weighted by Crippen LogP contribution is 2.30. The molecule has 0 heterocycles. The molecule has 0 aliphatic heterocycles. The maximum atomic E-state index is 12.4. The summed E-state index contributed by atoms with van der Waals surface area (Å²) in [6, 6.07) is 3.59. The van der Waals surface area contributed by atoms with E-state index in [-0.39, 0.29) is 11.7 Å². The minimum atomic E-state index is -5.40. The van der Waals surface area contributed by atoms with E-state index in [4.69, 9.17) is 4.74 Å². The molecule has 0 spiro atoms. The smallest absolute Gasteiger partial charge is 0.459 e. The minimum absolute atomic E-state index is 0.0340. The van der Waals surface area contributed by atoms with Crippen LogP contribution < -0.4 is 0 Å². The SMILES string of the molecule is O=C(OC1CCCCC1)c1ccc(S(=O)(=O)C(F)(F)F)cc1. The van der Waals surface area contributed by atoms with Crippen molar-refractivity contribution in [3.63, 3.8) is 0 Å². The Hall–Kier alpha value is -1.57. The normalized spacial score (nSPS) is 17.2. The van der Waals surface area contributed by atoms with Crippen LogP contribution in [0.15, 0.2) is 29.2 Å². The van der Waals surface area contributed by atoms with Crippen molar-refractivity contribution < 1.29 is 31.1 Å². The van der Waals surface area contributed by atoms with E-state index in [0.717, 1.165) is 56.4 Å². The zero-order chi connectivity index (χ0) is 16.4. The van der Waals surface area contributed by atoms with Crippen molar-refractivity contribution in [1.29, 1.82) is 0 Å². The van der Waals surface area contributed by atoms with Crippen LogP contribution in [-0.2, 0) is 14.6 Å². The van der Waals surface area contributed by atoms with E-state index >= 15 is 0 Å². The number of benzene rings is 1. The largest absolute Gasteiger partial charge is 0.501 e. The van der Waals surface area contributed by atoms with Crippen molar-refractivity contribution in [3.8, 4) is 0 Å². The monoisotopic (exact) mass is 336 g/mol. The Morgan fingerprint density at radius 2 is 1.59 bits per heavy atom. The Kier molecular flexibility index (Phi) is 4.79. The number of carbonyl (C=O) groups excluding carboxylic acids is 1. The number of alkyl halides is 3. The summed E-state index contributed by atoms with van der Waals surface area (Å²) >= 11 is 0. The van der Waals surface area contributed by atoms with Gasteiger partial charge in [0.25, 0.3) is 9.84 Å². The molecule has 0 saturated heterocycles. The Balaban J connectivity index is 2.10. The van der Waals surface area contributed by atoms with Crippen LogP contribution in [0.5, 0.6) is 0 Å². The number of ether oxygens (including phenoxy) is 1. The molecule has 0 atom stereocenters. The highest BCUT2D eigenvalue weighted by molar-refractivity contribution is 7.92. The molecule has 8 heteroatoms. The van der Waals surface area contributed by atoms with Crippen molar-refractivity contribution in [2.24, 2.45) is 0 Å². The zero-order valence-electron chi connectivity index (χ0n) is 11.6. The standard InChI is InChI=1S/C14H15F3O4S/c15-14(16,17)22(19,20)12-8-6-10(7-9-12)13(18)21-11-4-2-1-3-5-11/h6-9,11H,1-5H2. The van der Waals surface area contributed by atoms with E-state index in [1.807, 2.05) is 0 Å². The molecule has 0 amide bonds. The van der Waals surface area contributed by atoms with Gasteiger partial charge in [-0.05, 0) is 49.9 Å². The molecule has 1 saturated carbocycles. The van der Waals surface area contributed by atoms with Gasteiger partial charge in [0.15, 0.2) is 0 Å². The molecular formula is C14H15F3O4S. The van der Waals surface area contributed by atoms with Crippen molar-refractivity contribution in [2.45, 2.75) is 48.6 Å². The molecule has 1 aliphatic rings. The third kappa shape index (κ3) is 3.60. The fourth-order valence-corrected chi connectivity index (χ4v) is 3.07. The van der Waals surface area contributed by atoms with E-state index in [9.17, 15) is 26.4 Å². The lowest BCUT2D eigenvalue weighted by atomic mass is 9.98. The van der Waals surface area contributed by atoms with Gasteiger partial charge in [-0.15, -0.1) is 0 Å². The van der Waals surface area contributed by atoms with E-state index in [0.29, 0.717) is 0 Å². The van der Waals surface area contributed by atoms with Crippen molar-refractivity contribution in [1.82, 2.24) is 0 Å². The lowest BCUT2D eigenvalue weighted by Crippen LogP contribution is -2.23. The summed E-state index contributed by atoms with van der Waals surface area (Å²) in [5, 5.41) is 0. The summed E-state index contributed by atoms with van der Waals surface area (Å²) in [6.45, 7) is 0. The quantitative estimate of drug-likeness (QED) is 0.793. The molecule has 0 N–H and O–H groups in total. The first kappa shape index (κ1) is 16.8. The maximum Gasteiger partial charge on any atom is 0.501 e. The second kappa shape index (κ2) is 6.28. The first-order valence-electron chi connectivity index (χ1n) is 6.84. The molecule has 1 fully saturated rings. The Morgan fingerprint density at radius 1 is 1.05 bits per heavy atom. The van der Waals surface area contributed by atoms with Gasteiger partial charge >= 0.3 is 11.5 Å². The summed E-state index contributed by atoms with van der Waals surface area (Å²) < 4.78 is 64.9. The van der Waals surface area contributed by atoms with E-state index < -0.39 is 26.2 Å². The molecule has 0 bridgehead atoms. The van der Waals surface area contributed by atoms with Crippen LogP contribution in [0.2, 0.25) is 0 Å². The van der Waals surface area contributed by atoms with Crippen molar-refractivity contribution in [2.75, 3.05) is 0 Å². The molecular weight excluding hydrogens is 321 g/mol. The fourth-order valence-electron chi connectivity index (χ4n) is 2.31. The number of rotatable bonds is 3. The number of hydrogen-bond donors (Lipinski definition) is 0. The average molecular weight is 336 g/mol. The highest BCUT2D eigenvalue weighted by atomic mass is 32.2. The third-order valence-electron chi connectivity index (χ3n) is 3.53. The maximum absolute atomic E-state index is 12.4. The van der Waals surface area contributed by atoms with Crippen LogP contribution >= 0.6 is 0 Å². The van der Waals surface area contributed by atoms with Gasteiger partial charge in [0, 0.05) is 0 Å². The lowest BCUT2D eigenvalue weighted by molar-refractivity contribution is -0.0436. The van der Waals surface area contributed by atoms with Gasteiger partial charge in [0.1, 0.15) is 6.10 Å². The Labute approximate surface area is 126 Å². The summed E-state index contributed by atoms with van der Waals surface area (Å²) in [5.41, 5.74) is -5.33. The predicted octanol–water partition coefficient (Wildman–Crippen LogP) is 3.47. The van der Waals surface area contributed by atoms with Crippen LogP contribution in [0.25, 0.3) is 0 Å². The highest BCUT2D eigenvalue weighted by Gasteiger charge is 2.46. The fraction of sp³-hybridized carbons (Fsp3) is 0.500. The topological polar surface area (TPSA) is 60.4 Å². The van der Waals surface area contributed by atoms with Crippen LogP contribution in [-0.4, -0.2) is 26.0 Å². The second-order valence-electron chi connectivity index (χ2n) is 5.14. The van der Waals surface area contributed by atoms with Gasteiger partial charge in [0.2, 0.25) is 0 Å². The summed E-state index contributed by atoms with van der Waals surface area (Å²) in [5.74, 6) is -0.650. The molecule has 0 unspecified atom stereocenters. The minimum Gasteiger partial charge on any atom is -0.459 e. The second-order valence-corrected chi connectivity index (χ2v) is 7.08. The number of carbonyl (C=O) groups is 1. The van der Waals surface area contributed by atoms with Crippen LogP contribution in [0, 0.1) is 0 Å². The summed E-state index contributed by atoms with van der Waals surface area (Å²) in [7, 11) is -5.40. The number of esters is 1. The first-order valence-corrected chi connectivity index (χ1v) is 8.32. The molecule has 2 rings (SSSR count). The third-order valence-corrected chi connectivity index (χ3v) is 5.03. The molecule has 1 aromatic carbocycles. The van der Waals surface area contributed by atoms with Crippen molar-refractivity contribution >= 4 is 15.8 Å². The lowest BCUT2D eigenvalue weighted by Gasteiger charge is -2.21. The molecule has 0 aromatic heterocycles. The average Bonchev–Trinajstić information content (AvgIpc) is 2.47. The van der Waals surface area contributed by atoms with Crippen molar-refractivity contribution in [3.05, 3.63) is 29.8 Å². The van der Waals surface area contributed by atoms with E-state index in [2.05, 4.69) is 0 Å². The van der Waals surface area contributed by atoms with E-state index in [1.165, 1.54) is 0 Å². The Morgan fingerprint density at radius 3 is 2.09 bits per heavy atom. The van der Waals surface area contributed by atoms with Gasteiger partial charge in [-0.25, -0.2) is 13.2 Å². The summed E-state index contributed by atoms with van der Waals surface area (Å²) in [6.07, 6.45) is 4.40. The van der Waals surface area contributed by atoms with Gasteiger partial charge in [0.05, 0.1) is 10.5 Å². The van der Waals surface area contributed by atoms with Gasteiger partial charge < -0.3 is 4.74 Å². The number of halogens is 3. The molecule has 0 radical (unpaired) electrons. The van der Waals surface area contributed by atoms with Crippen LogP contribution in [0.1, 0.15) is 42.5 Å². The van der Waals surface area contributed by atoms with Gasteiger partial charge in [-0.1, -0.05) is 6.42 Å². The van der Waals surface area contributed by atoms with Crippen LogP contribution in [0.3, 0.4) is 0 Å². The number of hydrogen-bond acceptors (Lipinski definition) is 4. The predicted molar refractivity (Wildman–Crippen MR) is 72.0 cm³/mol. The molecule has 1 aliphatic carbocycles. The zero-order valence-corrected chi connectivity index (χ0v) is 12.4. The van der Waals surface area contributed by atoms with E-state index in [1.54, 1.807) is 0 Å². The summed E-state index contributed by atoms with van der Waals surface area (Å²) in [4.78, 5) is 11.0.